The zero-order valence-corrected chi connectivity index (χ0v) is 21.8. The highest BCUT2D eigenvalue weighted by molar-refractivity contribution is 7.12. The minimum absolute atomic E-state index is 0.104. The number of hydrogen-bond donors (Lipinski definition) is 1. The van der Waals surface area contributed by atoms with Crippen LogP contribution in [0.1, 0.15) is 33.3 Å². The van der Waals surface area contributed by atoms with Crippen LogP contribution < -0.4 is 5.32 Å². The van der Waals surface area contributed by atoms with Crippen LogP contribution >= 0.6 is 22.7 Å². The van der Waals surface area contributed by atoms with E-state index in [0.29, 0.717) is 6.42 Å². The van der Waals surface area contributed by atoms with Crippen LogP contribution in [-0.4, -0.2) is 54.4 Å². The van der Waals surface area contributed by atoms with Crippen molar-refractivity contribution in [3.05, 3.63) is 74.1 Å². The molecule has 3 heterocycles. The van der Waals surface area contributed by atoms with Crippen LogP contribution in [0.4, 0.5) is 23.7 Å². The zero-order chi connectivity index (χ0) is 26.6. The number of thiophene rings is 2. The number of amides is 3. The quantitative estimate of drug-likeness (QED) is 0.374. The summed E-state index contributed by atoms with van der Waals surface area (Å²) in [5, 5.41) is 12.6. The van der Waals surface area contributed by atoms with Crippen LogP contribution in [0.3, 0.4) is 0 Å². The Bertz CT molecular complexity index is 1260. The number of anilines is 1. The Hall–Kier alpha value is -3.22. The Morgan fingerprint density at radius 2 is 1.92 bits per heavy atom. The van der Waals surface area contributed by atoms with E-state index in [1.165, 1.54) is 29.2 Å². The molecule has 0 unspecified atom stereocenters. The van der Waals surface area contributed by atoms with Crippen LogP contribution in [0.25, 0.3) is 0 Å². The normalized spacial score (nSPS) is 15.5. The molecule has 1 aliphatic heterocycles. The molecular formula is C25H25F3N4O3S2. The summed E-state index contributed by atoms with van der Waals surface area (Å²) in [6.45, 7) is 1.98. The van der Waals surface area contributed by atoms with Crippen LogP contribution in [0.5, 0.6) is 0 Å². The van der Waals surface area contributed by atoms with Crippen molar-refractivity contribution >= 4 is 46.0 Å². The van der Waals surface area contributed by atoms with Gasteiger partial charge in [-0.15, -0.1) is 22.7 Å². The van der Waals surface area contributed by atoms with E-state index in [-0.39, 0.29) is 37.3 Å². The Balaban J connectivity index is 1.52. The average Bonchev–Trinajstić information content (AvgIpc) is 3.61. The number of rotatable bonds is 8. The number of alkyl halides is 3. The largest absolute Gasteiger partial charge is 0.416 e. The van der Waals surface area contributed by atoms with Crippen molar-refractivity contribution in [1.82, 2.24) is 9.91 Å². The molecule has 7 nitrogen and oxygen atoms in total. The van der Waals surface area contributed by atoms with Crippen LogP contribution in [-0.2, 0) is 15.7 Å². The molecule has 3 amide bonds. The molecular weight excluding hydrogens is 525 g/mol. The molecule has 3 aromatic rings. The molecule has 4 rings (SSSR count). The average molecular weight is 551 g/mol. The Kier molecular flexibility index (Phi) is 8.30. The first kappa shape index (κ1) is 26.8. The molecule has 1 atom stereocenters. The minimum atomic E-state index is -4.48. The lowest BCUT2D eigenvalue weighted by Crippen LogP contribution is -2.44. The number of ether oxygens (including phenoxy) is 1. The maximum atomic E-state index is 13.5. The molecule has 0 aliphatic carbocycles. The van der Waals surface area contributed by atoms with Crippen LogP contribution in [0, 0.1) is 6.92 Å². The number of carbonyl (C=O) groups excluding carboxylic acids is 2. The number of urea groups is 1. The van der Waals surface area contributed by atoms with Gasteiger partial charge in [0, 0.05) is 30.6 Å². The van der Waals surface area contributed by atoms with E-state index in [1.807, 2.05) is 35.9 Å². The zero-order valence-electron chi connectivity index (χ0n) is 20.1. The van der Waals surface area contributed by atoms with E-state index in [2.05, 4.69) is 10.4 Å². The predicted octanol–water partition coefficient (Wildman–Crippen LogP) is 6.00. The third kappa shape index (κ3) is 6.38. The first-order chi connectivity index (χ1) is 17.7. The van der Waals surface area contributed by atoms with Crippen molar-refractivity contribution in [2.24, 2.45) is 5.10 Å². The predicted molar refractivity (Wildman–Crippen MR) is 138 cm³/mol. The van der Waals surface area contributed by atoms with Gasteiger partial charge in [0.25, 0.3) is 5.91 Å². The summed E-state index contributed by atoms with van der Waals surface area (Å²) >= 11 is 3.10. The molecule has 2 aromatic heterocycles. The first-order valence-corrected chi connectivity index (χ1v) is 13.1. The molecule has 0 spiro atoms. The molecule has 0 bridgehead atoms. The molecule has 0 fully saturated rings. The van der Waals surface area contributed by atoms with Gasteiger partial charge in [-0.25, -0.2) is 9.80 Å². The van der Waals surface area contributed by atoms with Gasteiger partial charge >= 0.3 is 12.2 Å². The van der Waals surface area contributed by atoms with Gasteiger partial charge in [0.15, 0.2) is 0 Å². The summed E-state index contributed by atoms with van der Waals surface area (Å²) in [5.41, 5.74) is 1.23. The molecule has 37 heavy (non-hydrogen) atoms. The lowest BCUT2D eigenvalue weighted by molar-refractivity contribution is -0.137. The Morgan fingerprint density at radius 1 is 1.16 bits per heavy atom. The lowest BCUT2D eigenvalue weighted by Gasteiger charge is -2.27. The van der Waals surface area contributed by atoms with E-state index in [9.17, 15) is 22.8 Å². The molecule has 1 aromatic carbocycles. The van der Waals surface area contributed by atoms with E-state index >= 15 is 0 Å². The number of hydrogen-bond acceptors (Lipinski definition) is 6. The monoisotopic (exact) mass is 550 g/mol. The standard InChI is InChI=1S/C25H25F3N4O3S2/c1-16-9-13-37-23(16)20-14-19(21-4-3-12-36-21)30-32(20)22(33)15-31(10-11-35-2)24(34)29-18-7-5-17(6-8-18)25(26,27)28/h3-9,12-13,20H,10-11,14-15H2,1-2H3,(H,29,34)/t20-/m1/s1. The van der Waals surface area contributed by atoms with E-state index in [4.69, 9.17) is 4.74 Å². The smallest absolute Gasteiger partial charge is 0.383 e. The fourth-order valence-electron chi connectivity index (χ4n) is 3.90. The highest BCUT2D eigenvalue weighted by Crippen LogP contribution is 2.38. The second kappa shape index (κ2) is 11.4. The number of nitrogens with zero attached hydrogens (tertiary/aromatic N) is 3. The number of benzene rings is 1. The van der Waals surface area contributed by atoms with Crippen molar-refractivity contribution in [3.8, 4) is 0 Å². The summed E-state index contributed by atoms with van der Waals surface area (Å²) in [6, 6.07) is 9.08. The summed E-state index contributed by atoms with van der Waals surface area (Å²) in [5.74, 6) is -0.372. The number of nitrogens with one attached hydrogen (secondary N) is 1. The van der Waals surface area contributed by atoms with E-state index < -0.39 is 17.8 Å². The van der Waals surface area contributed by atoms with Crippen molar-refractivity contribution in [2.75, 3.05) is 32.1 Å². The summed E-state index contributed by atoms with van der Waals surface area (Å²) in [4.78, 5) is 29.8. The third-order valence-corrected chi connectivity index (χ3v) is 7.86. The van der Waals surface area contributed by atoms with Gasteiger partial charge < -0.3 is 15.0 Å². The molecule has 196 valence electrons. The van der Waals surface area contributed by atoms with Gasteiger partial charge in [-0.3, -0.25) is 4.79 Å². The third-order valence-electron chi connectivity index (χ3n) is 5.82. The fourth-order valence-corrected chi connectivity index (χ4v) is 5.63. The van der Waals surface area contributed by atoms with Crippen molar-refractivity contribution in [2.45, 2.75) is 25.6 Å². The number of aryl methyl sites for hydroxylation is 1. The number of hydrazone groups is 1. The fraction of sp³-hybridized carbons (Fsp3) is 0.320. The van der Waals surface area contributed by atoms with E-state index in [0.717, 1.165) is 33.2 Å². The highest BCUT2D eigenvalue weighted by Gasteiger charge is 2.36. The topological polar surface area (TPSA) is 74.2 Å². The van der Waals surface area contributed by atoms with Gasteiger partial charge in [0.2, 0.25) is 0 Å². The molecule has 0 saturated heterocycles. The number of halogens is 3. The van der Waals surface area contributed by atoms with Gasteiger partial charge in [-0.2, -0.15) is 18.3 Å². The van der Waals surface area contributed by atoms with Crippen molar-refractivity contribution in [3.63, 3.8) is 0 Å². The van der Waals surface area contributed by atoms with Gasteiger partial charge in [-0.1, -0.05) is 6.07 Å². The van der Waals surface area contributed by atoms with E-state index in [1.54, 1.807) is 22.7 Å². The minimum Gasteiger partial charge on any atom is -0.383 e. The summed E-state index contributed by atoms with van der Waals surface area (Å²) in [7, 11) is 1.47. The second-order valence-electron chi connectivity index (χ2n) is 8.37. The molecule has 12 heteroatoms. The SMILES string of the molecule is COCCN(CC(=O)N1N=C(c2cccs2)C[C@@H]1c1sccc1C)C(=O)Nc1ccc(C(F)(F)F)cc1. The highest BCUT2D eigenvalue weighted by atomic mass is 32.1. The number of carbonyl (C=O) groups is 2. The molecule has 0 saturated carbocycles. The molecule has 0 radical (unpaired) electrons. The number of methoxy groups -OCH3 is 1. The Labute approximate surface area is 220 Å². The van der Waals surface area contributed by atoms with Crippen LogP contribution in [0.15, 0.2) is 58.3 Å². The van der Waals surface area contributed by atoms with Crippen molar-refractivity contribution < 1.29 is 27.5 Å². The second-order valence-corrected chi connectivity index (χ2v) is 10.3. The summed E-state index contributed by atoms with van der Waals surface area (Å²) in [6.07, 6.45) is -3.92. The molecule has 1 N–H and O–H groups in total. The first-order valence-electron chi connectivity index (χ1n) is 11.4. The summed E-state index contributed by atoms with van der Waals surface area (Å²) < 4.78 is 43.7. The Morgan fingerprint density at radius 3 is 2.51 bits per heavy atom. The maximum Gasteiger partial charge on any atom is 0.416 e. The van der Waals surface area contributed by atoms with Gasteiger partial charge in [-0.05, 0) is 59.6 Å². The van der Waals surface area contributed by atoms with Gasteiger partial charge in [0.05, 0.1) is 28.8 Å². The molecule has 1 aliphatic rings. The van der Waals surface area contributed by atoms with Crippen molar-refractivity contribution in [1.29, 1.82) is 0 Å². The lowest BCUT2D eigenvalue weighted by atomic mass is 10.1. The van der Waals surface area contributed by atoms with Crippen LogP contribution in [0.2, 0.25) is 0 Å². The van der Waals surface area contributed by atoms with Gasteiger partial charge in [0.1, 0.15) is 6.54 Å². The maximum absolute atomic E-state index is 13.5.